The van der Waals surface area contributed by atoms with E-state index in [1.54, 1.807) is 27.7 Å². The van der Waals surface area contributed by atoms with Gasteiger partial charge < -0.3 is 18.9 Å². The SMILES string of the molecule is C=C(C)C(=O)OCCOc1cc(C(C)C)c(N2C(=O)c3cc4cc5cc6c(cc5cc4cc3C2=O)CCc2cc3cc4cc5c(cc4cc3cc2C=C6)C(=O)N(c2c(C(C)C)cc(OCCOC(=O)C(C)(C)C)cc2C(C)C)C5=O)c(C(C)C)c1. The largest absolute Gasteiger partial charge is 0.490 e. The number of anilines is 2. The minimum Gasteiger partial charge on any atom is -0.490 e. The first kappa shape index (κ1) is 57.9. The van der Waals surface area contributed by atoms with Crippen LogP contribution in [0.2, 0.25) is 0 Å². The Kier molecular flexibility index (Phi) is 15.2. The van der Waals surface area contributed by atoms with Crippen LogP contribution in [0.3, 0.4) is 0 Å². The van der Waals surface area contributed by atoms with Gasteiger partial charge in [-0.2, -0.15) is 0 Å². The third-order valence-corrected chi connectivity index (χ3v) is 16.6. The first-order valence-electron chi connectivity index (χ1n) is 29.5. The van der Waals surface area contributed by atoms with Crippen LogP contribution < -0.4 is 19.3 Å². The smallest absolute Gasteiger partial charge is 0.333 e. The molecule has 2 aliphatic heterocycles. The molecule has 1 aliphatic carbocycles. The van der Waals surface area contributed by atoms with Crippen molar-refractivity contribution < 1.29 is 47.7 Å². The maximum atomic E-state index is 14.6. The Morgan fingerprint density at radius 2 is 0.753 bits per heavy atom. The zero-order chi connectivity index (χ0) is 60.7. The van der Waals surface area contributed by atoms with Gasteiger partial charge in [0.25, 0.3) is 23.6 Å². The number of nitrogens with zero attached hydrogens (tertiary/aromatic N) is 2. The monoisotopic (exact) mass is 1140 g/mol. The van der Waals surface area contributed by atoms with Gasteiger partial charge in [-0.25, -0.2) is 14.6 Å². The lowest BCUT2D eigenvalue weighted by molar-refractivity contribution is -0.153. The molecular weight excluding hydrogens is 1060 g/mol. The molecule has 0 spiro atoms. The van der Waals surface area contributed by atoms with Crippen molar-refractivity contribution in [2.24, 2.45) is 5.41 Å². The van der Waals surface area contributed by atoms with Gasteiger partial charge >= 0.3 is 11.9 Å². The van der Waals surface area contributed by atoms with E-state index in [0.717, 1.165) is 89.3 Å². The number of esters is 2. The zero-order valence-electron chi connectivity index (χ0n) is 50.6. The van der Waals surface area contributed by atoms with E-state index in [1.807, 2.05) is 104 Å². The number of ether oxygens (including phenoxy) is 4. The maximum absolute atomic E-state index is 14.6. The van der Waals surface area contributed by atoms with Gasteiger partial charge in [-0.1, -0.05) is 86.3 Å². The molecule has 4 amide bonds. The second kappa shape index (κ2) is 22.3. The van der Waals surface area contributed by atoms with Crippen LogP contribution in [0.5, 0.6) is 11.5 Å². The van der Waals surface area contributed by atoms with Crippen LogP contribution in [0, 0.1) is 5.41 Å². The molecule has 85 heavy (non-hydrogen) atoms. The van der Waals surface area contributed by atoms with E-state index >= 15 is 0 Å². The van der Waals surface area contributed by atoms with Gasteiger partial charge in [0.1, 0.15) is 37.9 Å². The van der Waals surface area contributed by atoms with E-state index in [9.17, 15) is 28.8 Å². The van der Waals surface area contributed by atoms with Gasteiger partial charge in [-0.3, -0.25) is 24.0 Å². The Morgan fingerprint density at radius 3 is 1.06 bits per heavy atom. The van der Waals surface area contributed by atoms with Gasteiger partial charge in [0.05, 0.1) is 39.0 Å². The van der Waals surface area contributed by atoms with Crippen molar-refractivity contribution in [3.05, 3.63) is 176 Å². The fraction of sp³-hybridized carbons (Fsp3) is 0.315. The Morgan fingerprint density at radius 1 is 0.447 bits per heavy atom. The highest BCUT2D eigenvalue weighted by atomic mass is 16.6. The van der Waals surface area contributed by atoms with Gasteiger partial charge in [0.15, 0.2) is 0 Å². The van der Waals surface area contributed by atoms with Crippen LogP contribution in [-0.4, -0.2) is 62.0 Å². The number of fused-ring (bicyclic) bond motifs is 8. The fourth-order valence-electron chi connectivity index (χ4n) is 12.0. The molecule has 11 rings (SSSR count). The predicted molar refractivity (Wildman–Crippen MR) is 338 cm³/mol. The topological polar surface area (TPSA) is 146 Å². The van der Waals surface area contributed by atoms with E-state index < -0.39 is 11.4 Å². The van der Waals surface area contributed by atoms with Crippen LogP contribution >= 0.6 is 0 Å². The Labute approximate surface area is 496 Å². The Bertz CT molecular complexity index is 4190. The highest BCUT2D eigenvalue weighted by molar-refractivity contribution is 6.37. The second-order valence-corrected chi connectivity index (χ2v) is 25.2. The van der Waals surface area contributed by atoms with Crippen molar-refractivity contribution in [2.45, 2.75) is 120 Å². The van der Waals surface area contributed by atoms with E-state index in [4.69, 9.17) is 18.9 Å². The van der Waals surface area contributed by atoms with Gasteiger partial charge in [-0.15, -0.1) is 0 Å². The number of carbonyl (C=O) groups is 6. The van der Waals surface area contributed by atoms with Crippen LogP contribution in [0.4, 0.5) is 11.4 Å². The van der Waals surface area contributed by atoms with Crippen molar-refractivity contribution >= 4 is 102 Å². The average Bonchev–Trinajstić information content (AvgIpc) is 4.09. The number of imide groups is 2. The Hall–Kier alpha value is -8.90. The molecule has 434 valence electrons. The molecular formula is C73H72N2O10. The summed E-state index contributed by atoms with van der Waals surface area (Å²) in [6, 6.07) is 32.3. The number of carbonyl (C=O) groups excluding carboxylic acids is 6. The summed E-state index contributed by atoms with van der Waals surface area (Å²) in [6.45, 7) is 27.3. The Balaban J connectivity index is 0.865. The summed E-state index contributed by atoms with van der Waals surface area (Å²) < 4.78 is 22.9. The zero-order valence-corrected chi connectivity index (χ0v) is 50.6. The van der Waals surface area contributed by atoms with Crippen LogP contribution in [0.1, 0.15) is 193 Å². The molecule has 0 radical (unpaired) electrons. The molecule has 0 aromatic heterocycles. The van der Waals surface area contributed by atoms with Crippen molar-refractivity contribution in [3.8, 4) is 11.5 Å². The normalized spacial score (nSPS) is 14.1. The highest BCUT2D eigenvalue weighted by Gasteiger charge is 2.42. The molecule has 2 heterocycles. The summed E-state index contributed by atoms with van der Waals surface area (Å²) in [7, 11) is 0. The van der Waals surface area contributed by atoms with E-state index in [-0.39, 0.29) is 79.7 Å². The lowest BCUT2D eigenvalue weighted by Gasteiger charge is -2.26. The fourth-order valence-corrected chi connectivity index (χ4v) is 12.0. The van der Waals surface area contributed by atoms with Crippen LogP contribution in [0.15, 0.2) is 109 Å². The third-order valence-electron chi connectivity index (χ3n) is 16.6. The number of hydrogen-bond acceptors (Lipinski definition) is 10. The molecule has 0 bridgehead atoms. The van der Waals surface area contributed by atoms with Crippen molar-refractivity contribution in [2.75, 3.05) is 36.2 Å². The second-order valence-electron chi connectivity index (χ2n) is 25.2. The van der Waals surface area contributed by atoms with Crippen molar-refractivity contribution in [3.63, 3.8) is 0 Å². The van der Waals surface area contributed by atoms with Crippen molar-refractivity contribution in [1.29, 1.82) is 0 Å². The summed E-state index contributed by atoms with van der Waals surface area (Å²) in [6.07, 6.45) is 5.91. The molecule has 3 aliphatic rings. The average molecular weight is 1140 g/mol. The summed E-state index contributed by atoms with van der Waals surface area (Å²) >= 11 is 0. The minimum absolute atomic E-state index is 0.0475. The molecule has 0 saturated heterocycles. The summed E-state index contributed by atoms with van der Waals surface area (Å²) in [5.74, 6) is -1.36. The highest BCUT2D eigenvalue weighted by Crippen LogP contribution is 2.46. The standard InChI is InChI=1S/C73H72N2O10/c1-38(2)57-34-55(82-18-20-84-71(80)42(9)10)35-58(39(3)4)65(57)74-67(76)61-30-51-26-47-22-43-14-16-45-24-49-28-53-32-63-64(33-54(53)29-50(49)25-46(45)17-15-44(43)23-48(47)27-52(51)31-62(61)68(74)77)70(79)75(69(63)78)66-59(40(5)6)36-56(37-60(66)41(7)8)83-19-21-85-72(81)73(11,12)13/h14,16,22-41H,9,15,17-21H2,1-8,10-13H3. The number of benzene rings is 8. The molecule has 0 atom stereocenters. The van der Waals surface area contributed by atoms with Gasteiger partial charge in [0, 0.05) is 5.57 Å². The van der Waals surface area contributed by atoms with Crippen LogP contribution in [0.25, 0.3) is 55.2 Å². The number of amides is 4. The number of rotatable bonds is 15. The van der Waals surface area contributed by atoms with Gasteiger partial charge in [0.2, 0.25) is 0 Å². The summed E-state index contributed by atoms with van der Waals surface area (Å²) in [5, 5.41) is 7.56. The minimum atomic E-state index is -0.626. The summed E-state index contributed by atoms with van der Waals surface area (Å²) in [5.41, 5.74) is 10.1. The van der Waals surface area contributed by atoms with Crippen LogP contribution in [-0.2, 0) is 31.9 Å². The number of aryl methyl sites for hydroxylation is 2. The first-order chi connectivity index (χ1) is 40.4. The lowest BCUT2D eigenvalue weighted by atomic mass is 9.88. The maximum Gasteiger partial charge on any atom is 0.333 e. The molecule has 8 aromatic carbocycles. The molecule has 12 heteroatoms. The van der Waals surface area contributed by atoms with E-state index in [1.165, 1.54) is 20.9 Å². The number of hydrogen-bond donors (Lipinski definition) is 0. The van der Waals surface area contributed by atoms with E-state index in [0.29, 0.717) is 50.7 Å². The van der Waals surface area contributed by atoms with Gasteiger partial charge in [-0.05, 0) is 237 Å². The summed E-state index contributed by atoms with van der Waals surface area (Å²) in [4.78, 5) is 85.5. The molecule has 0 fully saturated rings. The molecule has 8 aromatic rings. The van der Waals surface area contributed by atoms with E-state index in [2.05, 4.69) is 67.3 Å². The lowest BCUT2D eigenvalue weighted by Crippen LogP contribution is -2.32. The quantitative estimate of drug-likeness (QED) is 0.0320. The van der Waals surface area contributed by atoms with Crippen molar-refractivity contribution in [1.82, 2.24) is 0 Å². The molecule has 0 N–H and O–H groups in total. The first-order valence-corrected chi connectivity index (χ1v) is 29.5. The molecule has 12 nitrogen and oxygen atoms in total. The molecule has 0 unspecified atom stereocenters. The molecule has 0 saturated carbocycles. The predicted octanol–water partition coefficient (Wildman–Crippen LogP) is 16.1. The third kappa shape index (κ3) is 10.8.